The molecule has 4 saturated carbocycles. The number of rotatable bonds is 2. The van der Waals surface area contributed by atoms with Gasteiger partial charge < -0.3 is 25.2 Å². The van der Waals surface area contributed by atoms with Crippen molar-refractivity contribution in [2.45, 2.75) is 95.7 Å². The predicted octanol–water partition coefficient (Wildman–Crippen LogP) is 1.93. The number of hydrogen-bond acceptors (Lipinski definition) is 6. The Bertz CT molecular complexity index is 729. The molecule has 4 rings (SSSR count). The molecule has 0 aromatic heterocycles. The second kappa shape index (κ2) is 6.28. The van der Waals surface area contributed by atoms with E-state index in [9.17, 15) is 25.2 Å². The fourth-order valence-electron chi connectivity index (χ4n) is 7.62. The smallest absolute Gasteiger partial charge is 0.305 e. The number of aliphatic hydroxyl groups excluding tert-OH is 2. The predicted molar refractivity (Wildman–Crippen MR) is 107 cm³/mol. The standard InChI is InChI=1S/C23H36O6/c1-6-18(26)29-19-14-8-7-13-12(2)15-9-16(24)20(3,4)23(15,28)17(25)10-22(13,19)11-21(14,5)27/h13-17,19,24-25,27-28H,2,6-11H2,1,3-5H3/t13-,14+,15-,16-,17-,19?,21+,22-,23-/m0/s1. The highest BCUT2D eigenvalue weighted by molar-refractivity contribution is 5.69. The summed E-state index contributed by atoms with van der Waals surface area (Å²) in [5, 5.41) is 45.1. The fourth-order valence-corrected chi connectivity index (χ4v) is 7.62. The van der Waals surface area contributed by atoms with Crippen LogP contribution < -0.4 is 0 Å². The summed E-state index contributed by atoms with van der Waals surface area (Å²) in [6.45, 7) is 11.5. The first-order valence-electron chi connectivity index (χ1n) is 11.0. The third-order valence-corrected chi connectivity index (χ3v) is 9.26. The van der Waals surface area contributed by atoms with Crippen LogP contribution >= 0.6 is 0 Å². The summed E-state index contributed by atoms with van der Waals surface area (Å²) < 4.78 is 5.92. The molecule has 0 radical (unpaired) electrons. The van der Waals surface area contributed by atoms with Crippen LogP contribution in [-0.2, 0) is 9.53 Å². The average molecular weight is 409 g/mol. The van der Waals surface area contributed by atoms with Crippen LogP contribution in [0.2, 0.25) is 0 Å². The van der Waals surface area contributed by atoms with E-state index in [1.54, 1.807) is 27.7 Å². The van der Waals surface area contributed by atoms with Crippen LogP contribution in [0.5, 0.6) is 0 Å². The molecule has 2 bridgehead atoms. The minimum absolute atomic E-state index is 0.0860. The van der Waals surface area contributed by atoms with Gasteiger partial charge in [-0.3, -0.25) is 4.79 Å². The number of carbonyl (C=O) groups is 1. The molecule has 9 atom stereocenters. The van der Waals surface area contributed by atoms with Crippen LogP contribution in [0.3, 0.4) is 0 Å². The van der Waals surface area contributed by atoms with Gasteiger partial charge in [-0.25, -0.2) is 0 Å². The van der Waals surface area contributed by atoms with E-state index in [0.29, 0.717) is 19.3 Å². The summed E-state index contributed by atoms with van der Waals surface area (Å²) in [7, 11) is 0. The van der Waals surface area contributed by atoms with Crippen molar-refractivity contribution >= 4 is 5.97 Å². The molecule has 4 aliphatic carbocycles. The van der Waals surface area contributed by atoms with Gasteiger partial charge in [-0.05, 0) is 44.9 Å². The van der Waals surface area contributed by atoms with E-state index in [1.807, 2.05) is 0 Å². The van der Waals surface area contributed by atoms with E-state index < -0.39 is 46.3 Å². The number of esters is 1. The molecule has 164 valence electrons. The zero-order chi connectivity index (χ0) is 21.6. The van der Waals surface area contributed by atoms with Gasteiger partial charge in [-0.15, -0.1) is 0 Å². The molecule has 0 amide bonds. The number of ether oxygens (including phenoxy) is 1. The van der Waals surface area contributed by atoms with Gasteiger partial charge in [-0.2, -0.15) is 0 Å². The van der Waals surface area contributed by atoms with Crippen LogP contribution in [0.4, 0.5) is 0 Å². The summed E-state index contributed by atoms with van der Waals surface area (Å²) in [6.07, 6.45) is 0.333. The molecule has 4 fully saturated rings. The van der Waals surface area contributed by atoms with Gasteiger partial charge in [0.05, 0.1) is 17.8 Å². The molecule has 6 nitrogen and oxygen atoms in total. The number of aliphatic hydroxyl groups is 4. The fraction of sp³-hybridized carbons (Fsp3) is 0.870. The Balaban J connectivity index is 1.84. The van der Waals surface area contributed by atoms with Gasteiger partial charge in [0.1, 0.15) is 11.7 Å². The molecule has 1 spiro atoms. The van der Waals surface area contributed by atoms with E-state index in [4.69, 9.17) is 4.74 Å². The number of fused-ring (bicyclic) bond motifs is 2. The third kappa shape index (κ3) is 2.52. The molecule has 0 aliphatic heterocycles. The van der Waals surface area contributed by atoms with Crippen LogP contribution in [0, 0.1) is 28.6 Å². The molecule has 0 saturated heterocycles. The maximum absolute atomic E-state index is 12.3. The lowest BCUT2D eigenvalue weighted by Crippen LogP contribution is -2.57. The highest BCUT2D eigenvalue weighted by Gasteiger charge is 2.73. The first-order chi connectivity index (χ1) is 13.3. The second-order valence-electron chi connectivity index (χ2n) is 10.9. The Morgan fingerprint density at radius 1 is 1.14 bits per heavy atom. The normalized spacial score (nSPS) is 53.2. The van der Waals surface area contributed by atoms with Crippen molar-refractivity contribution in [3.63, 3.8) is 0 Å². The Hall–Kier alpha value is -0.950. The monoisotopic (exact) mass is 408 g/mol. The third-order valence-electron chi connectivity index (χ3n) is 9.26. The first-order valence-corrected chi connectivity index (χ1v) is 11.0. The molecule has 0 aromatic rings. The number of hydrogen-bond donors (Lipinski definition) is 4. The van der Waals surface area contributed by atoms with Gasteiger partial charge in [-0.1, -0.05) is 32.9 Å². The average Bonchev–Trinajstić information content (AvgIpc) is 2.86. The minimum atomic E-state index is -1.52. The Labute approximate surface area is 173 Å². The lowest BCUT2D eigenvalue weighted by atomic mass is 9.61. The van der Waals surface area contributed by atoms with E-state index >= 15 is 0 Å². The van der Waals surface area contributed by atoms with Crippen molar-refractivity contribution in [3.8, 4) is 0 Å². The Kier molecular flexibility index (Phi) is 4.61. The largest absolute Gasteiger partial charge is 0.461 e. The molecule has 6 heteroatoms. The van der Waals surface area contributed by atoms with Gasteiger partial charge >= 0.3 is 5.97 Å². The van der Waals surface area contributed by atoms with E-state index in [-0.39, 0.29) is 30.6 Å². The highest BCUT2D eigenvalue weighted by atomic mass is 16.5. The molecule has 4 aliphatic rings. The van der Waals surface area contributed by atoms with Crippen molar-refractivity contribution in [2.24, 2.45) is 28.6 Å². The highest BCUT2D eigenvalue weighted by Crippen LogP contribution is 2.69. The van der Waals surface area contributed by atoms with Crippen molar-refractivity contribution in [1.29, 1.82) is 0 Å². The van der Waals surface area contributed by atoms with E-state index in [0.717, 1.165) is 12.0 Å². The maximum atomic E-state index is 12.3. The summed E-state index contributed by atoms with van der Waals surface area (Å²) in [4.78, 5) is 12.3. The van der Waals surface area contributed by atoms with Gasteiger partial charge in [0.25, 0.3) is 0 Å². The van der Waals surface area contributed by atoms with Crippen LogP contribution in [-0.4, -0.2) is 55.9 Å². The minimum Gasteiger partial charge on any atom is -0.461 e. The van der Waals surface area contributed by atoms with Crippen molar-refractivity contribution in [1.82, 2.24) is 0 Å². The van der Waals surface area contributed by atoms with Crippen LogP contribution in [0.15, 0.2) is 12.2 Å². The molecule has 29 heavy (non-hydrogen) atoms. The van der Waals surface area contributed by atoms with Crippen LogP contribution in [0.1, 0.15) is 66.2 Å². The van der Waals surface area contributed by atoms with Crippen molar-refractivity contribution < 1.29 is 30.0 Å². The molecule has 4 N–H and O–H groups in total. The topological polar surface area (TPSA) is 107 Å². The molecular formula is C23H36O6. The quantitative estimate of drug-likeness (QED) is 0.411. The molecule has 0 aromatic carbocycles. The SMILES string of the molecule is C=C1[C@@H]2CC[C@@H]3C(OC(=O)CC)[C@@]2(C[C@H](O)[C@@]2(O)[C@H]1C[C@H](O)C2(C)C)C[C@@]3(C)O. The summed E-state index contributed by atoms with van der Waals surface area (Å²) in [5.74, 6) is -1.02. The second-order valence-corrected chi connectivity index (χ2v) is 10.9. The molecular weight excluding hydrogens is 372 g/mol. The van der Waals surface area contributed by atoms with Gasteiger partial charge in [0.2, 0.25) is 0 Å². The summed E-state index contributed by atoms with van der Waals surface area (Å²) >= 11 is 0. The van der Waals surface area contributed by atoms with Crippen molar-refractivity contribution in [2.75, 3.05) is 0 Å². The lowest BCUT2D eigenvalue weighted by molar-refractivity contribution is -0.182. The zero-order valence-electron chi connectivity index (χ0n) is 18.0. The first kappa shape index (κ1) is 21.3. The Morgan fingerprint density at radius 3 is 2.41 bits per heavy atom. The van der Waals surface area contributed by atoms with Crippen molar-refractivity contribution in [3.05, 3.63) is 12.2 Å². The number of carbonyl (C=O) groups excluding carboxylic acids is 1. The summed E-state index contributed by atoms with van der Waals surface area (Å²) in [5.41, 5.74) is -3.26. The summed E-state index contributed by atoms with van der Waals surface area (Å²) in [6, 6.07) is 0. The molecule has 1 unspecified atom stereocenters. The van der Waals surface area contributed by atoms with E-state index in [2.05, 4.69) is 6.58 Å². The Morgan fingerprint density at radius 2 is 1.79 bits per heavy atom. The zero-order valence-corrected chi connectivity index (χ0v) is 18.0. The lowest BCUT2D eigenvalue weighted by Gasteiger charge is -2.47. The van der Waals surface area contributed by atoms with Crippen LogP contribution in [0.25, 0.3) is 0 Å². The van der Waals surface area contributed by atoms with Gasteiger partial charge in [0, 0.05) is 29.1 Å². The van der Waals surface area contributed by atoms with E-state index in [1.165, 1.54) is 0 Å². The van der Waals surface area contributed by atoms with Gasteiger partial charge in [0.15, 0.2) is 0 Å². The maximum Gasteiger partial charge on any atom is 0.305 e. The molecule has 0 heterocycles.